The summed E-state index contributed by atoms with van der Waals surface area (Å²) in [6.07, 6.45) is 6.95. The Morgan fingerprint density at radius 2 is 0.873 bits per heavy atom. The molecular formula is C69H54N2. The fourth-order valence-corrected chi connectivity index (χ4v) is 14.9. The molecular weight excluding hydrogens is 857 g/mol. The normalized spacial score (nSPS) is 20.5. The molecule has 0 amide bonds. The van der Waals surface area contributed by atoms with Gasteiger partial charge in [0.15, 0.2) is 0 Å². The Kier molecular flexibility index (Phi) is 9.09. The molecule has 4 fully saturated rings. The molecule has 5 aliphatic rings. The second-order valence-electron chi connectivity index (χ2n) is 21.3. The number of benzene rings is 11. The van der Waals surface area contributed by atoms with Crippen molar-refractivity contribution in [3.8, 4) is 33.4 Å². The van der Waals surface area contributed by atoms with Crippen LogP contribution in [0.1, 0.15) is 48.8 Å². The highest BCUT2D eigenvalue weighted by Crippen LogP contribution is 2.69. The molecule has 0 heterocycles. The first kappa shape index (κ1) is 40.9. The number of hydrogen-bond donors (Lipinski definition) is 0. The lowest BCUT2D eigenvalue weighted by atomic mass is 9.43. The monoisotopic (exact) mass is 910 g/mol. The Morgan fingerprint density at radius 1 is 0.352 bits per heavy atom. The van der Waals surface area contributed by atoms with Gasteiger partial charge in [-0.25, -0.2) is 0 Å². The number of hydrogen-bond acceptors (Lipinski definition) is 2. The van der Waals surface area contributed by atoms with Gasteiger partial charge in [0.1, 0.15) is 0 Å². The van der Waals surface area contributed by atoms with Gasteiger partial charge in [-0.05, 0) is 184 Å². The third-order valence-corrected chi connectivity index (χ3v) is 17.6. The molecule has 0 unspecified atom stereocenters. The van der Waals surface area contributed by atoms with E-state index in [-0.39, 0.29) is 5.41 Å². The number of rotatable bonds is 8. The molecule has 4 saturated carbocycles. The summed E-state index contributed by atoms with van der Waals surface area (Å²) in [5.74, 6) is 3.20. The van der Waals surface area contributed by atoms with Gasteiger partial charge in [-0.15, -0.1) is 0 Å². The van der Waals surface area contributed by atoms with Gasteiger partial charge in [-0.1, -0.05) is 169 Å². The van der Waals surface area contributed by atoms with E-state index < -0.39 is 0 Å². The van der Waals surface area contributed by atoms with Crippen molar-refractivity contribution >= 4 is 66.4 Å². The summed E-state index contributed by atoms with van der Waals surface area (Å²) in [5.41, 5.74) is 19.3. The molecule has 2 heteroatoms. The molecule has 0 N–H and O–H groups in total. The molecule has 0 aliphatic heterocycles. The molecule has 5 aliphatic carbocycles. The predicted molar refractivity (Wildman–Crippen MR) is 298 cm³/mol. The van der Waals surface area contributed by atoms with Crippen LogP contribution in [-0.2, 0) is 5.41 Å². The quantitative estimate of drug-likeness (QED) is 0.140. The van der Waals surface area contributed by atoms with Crippen molar-refractivity contribution < 1.29 is 0 Å². The van der Waals surface area contributed by atoms with Gasteiger partial charge in [-0.3, -0.25) is 0 Å². The lowest BCUT2D eigenvalue weighted by molar-refractivity contribution is -0.0399. The molecule has 2 nitrogen and oxygen atoms in total. The molecule has 11 aromatic carbocycles. The minimum Gasteiger partial charge on any atom is -0.310 e. The van der Waals surface area contributed by atoms with Gasteiger partial charge in [0.2, 0.25) is 0 Å². The van der Waals surface area contributed by atoms with Crippen LogP contribution < -0.4 is 9.80 Å². The zero-order valence-electron chi connectivity index (χ0n) is 40.1. The molecule has 340 valence electrons. The van der Waals surface area contributed by atoms with Crippen LogP contribution in [0.25, 0.3) is 65.7 Å². The number of fused-ring (bicyclic) bond motifs is 3. The lowest BCUT2D eigenvalue weighted by Gasteiger charge is -2.61. The first-order valence-corrected chi connectivity index (χ1v) is 26.0. The lowest BCUT2D eigenvalue weighted by Crippen LogP contribution is -2.55. The maximum Gasteiger partial charge on any atom is 0.0540 e. The van der Waals surface area contributed by atoms with Gasteiger partial charge in [0.05, 0.1) is 17.1 Å². The highest BCUT2D eigenvalue weighted by molar-refractivity contribution is 6.28. The predicted octanol–water partition coefficient (Wildman–Crippen LogP) is 18.9. The SMILES string of the molecule is Cc1ccc(N(c2ccc3c(c2)C2(c4ccccc4-3)C3CC4CC(C3)CC2C4)c2ccc3ccc4c(N(c5ccccc5)c5ccc(-c6ccccc6)cc5-c5ccccc5)ccc5ccc2c3c54)cc1. The smallest absolute Gasteiger partial charge is 0.0540 e. The fourth-order valence-electron chi connectivity index (χ4n) is 14.9. The van der Waals surface area contributed by atoms with E-state index >= 15 is 0 Å². The van der Waals surface area contributed by atoms with Gasteiger partial charge >= 0.3 is 0 Å². The highest BCUT2D eigenvalue weighted by Gasteiger charge is 2.61. The van der Waals surface area contributed by atoms with Crippen LogP contribution in [-0.4, -0.2) is 0 Å². The van der Waals surface area contributed by atoms with Crippen LogP contribution >= 0.6 is 0 Å². The van der Waals surface area contributed by atoms with Crippen molar-refractivity contribution in [1.29, 1.82) is 0 Å². The minimum absolute atomic E-state index is 0.0836. The van der Waals surface area contributed by atoms with Gasteiger partial charge in [0, 0.05) is 38.8 Å². The maximum atomic E-state index is 2.65. The topological polar surface area (TPSA) is 6.48 Å². The highest BCUT2D eigenvalue weighted by atomic mass is 15.2. The Labute approximate surface area is 416 Å². The maximum absolute atomic E-state index is 2.65. The van der Waals surface area contributed by atoms with E-state index in [1.165, 1.54) is 120 Å². The van der Waals surface area contributed by atoms with Crippen molar-refractivity contribution in [1.82, 2.24) is 0 Å². The summed E-state index contributed by atoms with van der Waals surface area (Å²) >= 11 is 0. The number of aryl methyl sites for hydroxylation is 1. The van der Waals surface area contributed by atoms with Crippen LogP contribution in [0.5, 0.6) is 0 Å². The zero-order chi connectivity index (χ0) is 46.8. The Morgan fingerprint density at radius 3 is 1.54 bits per heavy atom. The third-order valence-electron chi connectivity index (χ3n) is 17.6. The average molecular weight is 911 g/mol. The molecule has 1 spiro atoms. The summed E-state index contributed by atoms with van der Waals surface area (Å²) in [5, 5.41) is 7.59. The van der Waals surface area contributed by atoms with Crippen LogP contribution in [0.3, 0.4) is 0 Å². The second-order valence-corrected chi connectivity index (χ2v) is 21.3. The Bertz CT molecular complexity index is 3810. The van der Waals surface area contributed by atoms with E-state index in [0.29, 0.717) is 11.8 Å². The molecule has 71 heavy (non-hydrogen) atoms. The van der Waals surface area contributed by atoms with Crippen molar-refractivity contribution in [3.05, 3.63) is 241 Å². The molecule has 0 aromatic heterocycles. The molecule has 11 aromatic rings. The second kappa shape index (κ2) is 15.8. The molecule has 16 rings (SSSR count). The standard InChI is InChI=1S/C69H54N2/c1-44-21-28-55(29-22-44)70(56-30-33-58-57-19-11-12-20-62(57)69(63(58)43-56)52-38-45-37-46(40-52)41-53(69)39-45)64-34-25-49-24-32-60-65(35-26-50-23-31-59(64)67(49)68(50)60)71(54-17-9-4-10-18-54)66-36-27-51(47-13-5-2-6-14-47)42-61(66)48-15-7-3-8-16-48/h2-36,42-43,45-46,52-53H,37-41H2,1H3. The van der Waals surface area contributed by atoms with E-state index in [9.17, 15) is 0 Å². The van der Waals surface area contributed by atoms with Crippen LogP contribution in [0.15, 0.2) is 224 Å². The van der Waals surface area contributed by atoms with E-state index in [2.05, 4.69) is 241 Å². The molecule has 0 atom stereocenters. The molecule has 0 saturated heterocycles. The van der Waals surface area contributed by atoms with E-state index in [0.717, 1.165) is 28.9 Å². The third kappa shape index (κ3) is 6.13. The van der Waals surface area contributed by atoms with Gasteiger partial charge < -0.3 is 9.80 Å². The number of nitrogens with zero attached hydrogens (tertiary/aromatic N) is 2. The van der Waals surface area contributed by atoms with E-state index in [1.807, 2.05) is 0 Å². The molecule has 0 radical (unpaired) electrons. The summed E-state index contributed by atoms with van der Waals surface area (Å²) in [4.78, 5) is 5.07. The first-order valence-electron chi connectivity index (χ1n) is 26.0. The van der Waals surface area contributed by atoms with Gasteiger partial charge in [-0.2, -0.15) is 0 Å². The van der Waals surface area contributed by atoms with Crippen LogP contribution in [0.2, 0.25) is 0 Å². The summed E-state index contributed by atoms with van der Waals surface area (Å²) in [6, 6.07) is 84.8. The summed E-state index contributed by atoms with van der Waals surface area (Å²) < 4.78 is 0. The first-order chi connectivity index (χ1) is 35.1. The largest absolute Gasteiger partial charge is 0.310 e. The van der Waals surface area contributed by atoms with Crippen molar-refractivity contribution in [3.63, 3.8) is 0 Å². The van der Waals surface area contributed by atoms with Gasteiger partial charge in [0.25, 0.3) is 0 Å². The number of para-hydroxylation sites is 1. The Hall–Kier alpha value is -7.94. The van der Waals surface area contributed by atoms with E-state index in [4.69, 9.17) is 0 Å². The van der Waals surface area contributed by atoms with Crippen LogP contribution in [0.4, 0.5) is 34.1 Å². The molecule has 4 bridgehead atoms. The van der Waals surface area contributed by atoms with Crippen molar-refractivity contribution in [2.45, 2.75) is 44.4 Å². The summed E-state index contributed by atoms with van der Waals surface area (Å²) in [6.45, 7) is 2.20. The Balaban J connectivity index is 0.941. The van der Waals surface area contributed by atoms with Crippen molar-refractivity contribution in [2.75, 3.05) is 9.80 Å². The van der Waals surface area contributed by atoms with Crippen molar-refractivity contribution in [2.24, 2.45) is 23.7 Å². The summed E-state index contributed by atoms with van der Waals surface area (Å²) in [7, 11) is 0. The van der Waals surface area contributed by atoms with E-state index in [1.54, 1.807) is 11.1 Å². The number of anilines is 6. The van der Waals surface area contributed by atoms with Crippen LogP contribution in [0, 0.1) is 30.6 Å². The average Bonchev–Trinajstić information content (AvgIpc) is 3.71. The minimum atomic E-state index is 0.0836. The fraction of sp³-hybridized carbons (Fsp3) is 0.159. The zero-order valence-corrected chi connectivity index (χ0v) is 40.1.